The smallest absolute Gasteiger partial charge is 0.244 e. The molecule has 1 saturated carbocycles. The van der Waals surface area contributed by atoms with Crippen molar-refractivity contribution < 1.29 is 17.9 Å². The van der Waals surface area contributed by atoms with Crippen LogP contribution in [-0.2, 0) is 19.6 Å². The fourth-order valence-electron chi connectivity index (χ4n) is 5.26. The fraction of sp³-hybridized carbons (Fsp3) is 0.727. The normalized spacial score (nSPS) is 24.0. The van der Waals surface area contributed by atoms with Crippen molar-refractivity contribution in [1.29, 1.82) is 0 Å². The largest absolute Gasteiger partial charge is 0.379 e. The van der Waals surface area contributed by atoms with Crippen LogP contribution >= 0.6 is 0 Å². The number of carbonyl (C=O) groups is 1. The van der Waals surface area contributed by atoms with Gasteiger partial charge in [0.15, 0.2) is 0 Å². The predicted molar refractivity (Wildman–Crippen MR) is 117 cm³/mol. The van der Waals surface area contributed by atoms with E-state index in [9.17, 15) is 13.2 Å². The van der Waals surface area contributed by atoms with Gasteiger partial charge in [0.1, 0.15) is 4.90 Å². The molecule has 1 aromatic rings. The second-order valence-electron chi connectivity index (χ2n) is 8.97. The van der Waals surface area contributed by atoms with Gasteiger partial charge in [-0.2, -0.15) is 4.31 Å². The molecule has 3 heterocycles. The van der Waals surface area contributed by atoms with E-state index < -0.39 is 10.0 Å². The van der Waals surface area contributed by atoms with Crippen LogP contribution in [0.2, 0.25) is 0 Å². The van der Waals surface area contributed by atoms with Gasteiger partial charge in [-0.1, -0.05) is 19.3 Å². The van der Waals surface area contributed by atoms with E-state index in [2.05, 4.69) is 15.2 Å². The Balaban J connectivity index is 1.32. The first kappa shape index (κ1) is 22.6. The van der Waals surface area contributed by atoms with Crippen LogP contribution in [-0.4, -0.2) is 80.0 Å². The monoisotopic (exact) mass is 450 g/mol. The topological polar surface area (TPSA) is 91.8 Å². The number of nitrogens with zero attached hydrogens (tertiary/aromatic N) is 3. The van der Waals surface area contributed by atoms with Crippen molar-refractivity contribution in [2.24, 2.45) is 5.92 Å². The summed E-state index contributed by atoms with van der Waals surface area (Å²) in [5.74, 6) is -0.0673. The zero-order valence-electron chi connectivity index (χ0n) is 18.2. The van der Waals surface area contributed by atoms with E-state index in [4.69, 9.17) is 4.74 Å². The van der Waals surface area contributed by atoms with Crippen LogP contribution < -0.4 is 5.32 Å². The Morgan fingerprint density at radius 3 is 2.48 bits per heavy atom. The van der Waals surface area contributed by atoms with Crippen LogP contribution in [0, 0.1) is 5.92 Å². The number of amides is 1. The standard InChI is InChI=1S/C22H34N4O4S/c27-21(24-18-22(8-2-1-3-9-22)25-13-15-30-16-14-25)19-6-11-26(12-7-19)31(28,29)20-5-4-10-23-17-20/h4-5,10,17,19H,1-3,6-9,11-16,18H2,(H,24,27). The predicted octanol–water partition coefficient (Wildman–Crippen LogP) is 1.63. The molecule has 3 fully saturated rings. The van der Waals surface area contributed by atoms with Gasteiger partial charge in [0, 0.05) is 56.6 Å². The number of piperidine rings is 1. The molecule has 0 aromatic carbocycles. The van der Waals surface area contributed by atoms with Gasteiger partial charge in [0.2, 0.25) is 15.9 Å². The van der Waals surface area contributed by atoms with Crippen LogP contribution in [0.25, 0.3) is 0 Å². The Kier molecular flexibility index (Phi) is 7.26. The van der Waals surface area contributed by atoms with Gasteiger partial charge in [0.05, 0.1) is 13.2 Å². The molecule has 0 spiro atoms. The van der Waals surface area contributed by atoms with Crippen molar-refractivity contribution in [2.75, 3.05) is 45.9 Å². The first-order valence-corrected chi connectivity index (χ1v) is 13.0. The molecule has 8 nitrogen and oxygen atoms in total. The number of hydrogen-bond acceptors (Lipinski definition) is 6. The molecule has 1 N–H and O–H groups in total. The van der Waals surface area contributed by atoms with Crippen molar-refractivity contribution in [3.8, 4) is 0 Å². The Morgan fingerprint density at radius 1 is 1.13 bits per heavy atom. The van der Waals surface area contributed by atoms with Gasteiger partial charge in [-0.25, -0.2) is 8.42 Å². The first-order valence-electron chi connectivity index (χ1n) is 11.5. The molecule has 172 valence electrons. The van der Waals surface area contributed by atoms with Gasteiger partial charge in [-0.15, -0.1) is 0 Å². The van der Waals surface area contributed by atoms with E-state index in [0.717, 1.165) is 39.1 Å². The number of sulfonamides is 1. The highest BCUT2D eigenvalue weighted by Crippen LogP contribution is 2.34. The van der Waals surface area contributed by atoms with E-state index in [0.29, 0.717) is 32.5 Å². The van der Waals surface area contributed by atoms with E-state index >= 15 is 0 Å². The highest BCUT2D eigenvalue weighted by atomic mass is 32.2. The molecule has 1 aromatic heterocycles. The molecule has 9 heteroatoms. The first-order chi connectivity index (χ1) is 15.0. The highest BCUT2D eigenvalue weighted by molar-refractivity contribution is 7.89. The molecule has 31 heavy (non-hydrogen) atoms. The number of ether oxygens (including phenoxy) is 1. The molecule has 4 rings (SSSR count). The quantitative estimate of drug-likeness (QED) is 0.708. The molecular formula is C22H34N4O4S. The summed E-state index contributed by atoms with van der Waals surface area (Å²) in [6, 6.07) is 3.19. The van der Waals surface area contributed by atoms with Crippen LogP contribution in [0.4, 0.5) is 0 Å². The minimum absolute atomic E-state index is 0.0437. The summed E-state index contributed by atoms with van der Waals surface area (Å²) < 4.78 is 32.6. The van der Waals surface area contributed by atoms with Crippen LogP contribution in [0.5, 0.6) is 0 Å². The summed E-state index contributed by atoms with van der Waals surface area (Å²) in [7, 11) is -3.54. The number of morpholine rings is 1. The van der Waals surface area contributed by atoms with Crippen LogP contribution in [0.15, 0.2) is 29.4 Å². The molecule has 0 radical (unpaired) electrons. The fourth-order valence-corrected chi connectivity index (χ4v) is 6.69. The molecule has 1 amide bonds. The molecule has 2 saturated heterocycles. The maximum atomic E-state index is 13.0. The summed E-state index contributed by atoms with van der Waals surface area (Å²) in [6.07, 6.45) is 9.96. The third-order valence-corrected chi connectivity index (χ3v) is 9.04. The third-order valence-electron chi connectivity index (χ3n) is 7.15. The summed E-state index contributed by atoms with van der Waals surface area (Å²) in [5.41, 5.74) is 0.0437. The second-order valence-corrected chi connectivity index (χ2v) is 10.9. The second kappa shape index (κ2) is 9.94. The summed E-state index contributed by atoms with van der Waals surface area (Å²) in [6.45, 7) is 4.80. The Labute approximate surface area is 185 Å². The Hall–Kier alpha value is -1.55. The summed E-state index contributed by atoms with van der Waals surface area (Å²) >= 11 is 0. The number of hydrogen-bond donors (Lipinski definition) is 1. The summed E-state index contributed by atoms with van der Waals surface area (Å²) in [4.78, 5) is 19.6. The van der Waals surface area contributed by atoms with Crippen molar-refractivity contribution in [3.63, 3.8) is 0 Å². The number of pyridine rings is 1. The lowest BCUT2D eigenvalue weighted by Crippen LogP contribution is -2.60. The molecule has 3 aliphatic rings. The summed E-state index contributed by atoms with van der Waals surface area (Å²) in [5, 5.41) is 3.25. The number of aromatic nitrogens is 1. The van der Waals surface area contributed by atoms with Gasteiger partial charge in [0.25, 0.3) is 0 Å². The maximum absolute atomic E-state index is 13.0. The zero-order valence-corrected chi connectivity index (χ0v) is 19.0. The van der Waals surface area contributed by atoms with Gasteiger partial charge < -0.3 is 10.1 Å². The van der Waals surface area contributed by atoms with Crippen molar-refractivity contribution >= 4 is 15.9 Å². The number of carbonyl (C=O) groups excluding carboxylic acids is 1. The SMILES string of the molecule is O=C(NCC1(N2CCOCC2)CCCCC1)C1CCN(S(=O)(=O)c2cccnc2)CC1. The molecule has 2 aliphatic heterocycles. The Bertz CT molecular complexity index is 828. The van der Waals surface area contributed by atoms with E-state index in [1.54, 1.807) is 18.3 Å². The lowest BCUT2D eigenvalue weighted by atomic mass is 9.79. The van der Waals surface area contributed by atoms with Crippen molar-refractivity contribution in [2.45, 2.75) is 55.4 Å². The average Bonchev–Trinajstić information content (AvgIpc) is 2.84. The molecule has 0 bridgehead atoms. The van der Waals surface area contributed by atoms with E-state index in [1.807, 2.05) is 0 Å². The third kappa shape index (κ3) is 5.10. The lowest BCUT2D eigenvalue weighted by Gasteiger charge is -2.48. The Morgan fingerprint density at radius 2 is 1.84 bits per heavy atom. The molecule has 0 unspecified atom stereocenters. The maximum Gasteiger partial charge on any atom is 0.244 e. The molecule has 1 aliphatic carbocycles. The number of nitrogens with one attached hydrogen (secondary N) is 1. The average molecular weight is 451 g/mol. The van der Waals surface area contributed by atoms with Crippen molar-refractivity contribution in [3.05, 3.63) is 24.5 Å². The minimum Gasteiger partial charge on any atom is -0.379 e. The molecule has 0 atom stereocenters. The van der Waals surface area contributed by atoms with Crippen LogP contribution in [0.3, 0.4) is 0 Å². The van der Waals surface area contributed by atoms with Gasteiger partial charge in [-0.3, -0.25) is 14.7 Å². The lowest BCUT2D eigenvalue weighted by molar-refractivity contribution is -0.127. The number of rotatable bonds is 6. The minimum atomic E-state index is -3.54. The van der Waals surface area contributed by atoms with Gasteiger partial charge in [-0.05, 0) is 37.8 Å². The van der Waals surface area contributed by atoms with E-state index in [1.165, 1.54) is 29.8 Å². The van der Waals surface area contributed by atoms with Crippen molar-refractivity contribution in [1.82, 2.24) is 19.5 Å². The zero-order chi connectivity index (χ0) is 21.7. The molecular weight excluding hydrogens is 416 g/mol. The van der Waals surface area contributed by atoms with E-state index in [-0.39, 0.29) is 22.3 Å². The van der Waals surface area contributed by atoms with Gasteiger partial charge >= 0.3 is 0 Å². The van der Waals surface area contributed by atoms with Crippen LogP contribution in [0.1, 0.15) is 44.9 Å². The highest BCUT2D eigenvalue weighted by Gasteiger charge is 2.40.